The summed E-state index contributed by atoms with van der Waals surface area (Å²) in [6.07, 6.45) is -2.31. The fraction of sp³-hybridized carbons (Fsp3) is 0.600. The van der Waals surface area contributed by atoms with Gasteiger partial charge in [0.2, 0.25) is 0 Å². The van der Waals surface area contributed by atoms with Crippen LogP contribution in [0.3, 0.4) is 0 Å². The van der Waals surface area contributed by atoms with Gasteiger partial charge in [-0.2, -0.15) is 0 Å². The Kier molecular flexibility index (Phi) is 3.60. The minimum atomic E-state index is -1.56. The van der Waals surface area contributed by atoms with Crippen LogP contribution < -0.4 is 0 Å². The van der Waals surface area contributed by atoms with E-state index in [2.05, 4.69) is 0 Å². The number of hydrogen-bond acceptors (Lipinski definition) is 4. The lowest BCUT2D eigenvalue weighted by molar-refractivity contribution is -0.143. The summed E-state index contributed by atoms with van der Waals surface area (Å²) in [5.41, 5.74) is 0. The lowest BCUT2D eigenvalue weighted by atomic mass is 10.2. The van der Waals surface area contributed by atoms with Gasteiger partial charge in [0.05, 0.1) is 6.61 Å². The summed E-state index contributed by atoms with van der Waals surface area (Å²) >= 11 is 0. The van der Waals surface area contributed by atoms with E-state index in [-0.39, 0.29) is 0 Å². The van der Waals surface area contributed by atoms with Gasteiger partial charge in [0.25, 0.3) is 0 Å². The number of Topliss-reactive ketones (excluding diaryl/α,β-unsaturated/α-hetero) is 1. The molecule has 0 fully saturated rings. The minimum Gasteiger partial charge on any atom is -0.481 e. The second kappa shape index (κ2) is 3.97. The van der Waals surface area contributed by atoms with Crippen molar-refractivity contribution in [2.75, 3.05) is 6.61 Å². The lowest BCUT2D eigenvalue weighted by Crippen LogP contribution is -2.26. The van der Waals surface area contributed by atoms with Gasteiger partial charge in [-0.25, -0.2) is 0 Å². The SMILES string of the molecule is O=C(O)CC(=O)[C@H](O)CO. The average Bonchev–Trinajstić information content (AvgIpc) is 1.85. The molecule has 0 heterocycles. The van der Waals surface area contributed by atoms with E-state index in [1.807, 2.05) is 0 Å². The minimum absolute atomic E-state index is 0.730. The molecule has 0 aliphatic rings. The van der Waals surface area contributed by atoms with Crippen LogP contribution in [0.15, 0.2) is 0 Å². The fourth-order valence-electron chi connectivity index (χ4n) is 0.369. The highest BCUT2D eigenvalue weighted by atomic mass is 16.4. The van der Waals surface area contributed by atoms with E-state index in [0.717, 1.165) is 0 Å². The molecule has 0 rings (SSSR count). The zero-order chi connectivity index (χ0) is 8.15. The quantitative estimate of drug-likeness (QED) is 0.416. The number of hydrogen-bond donors (Lipinski definition) is 3. The smallest absolute Gasteiger partial charge is 0.310 e. The molecule has 58 valence electrons. The van der Waals surface area contributed by atoms with E-state index < -0.39 is 30.9 Å². The van der Waals surface area contributed by atoms with Crippen molar-refractivity contribution in [3.8, 4) is 0 Å². The standard InChI is InChI=1S/C5H8O5/c6-2-4(8)3(7)1-5(9)10/h4,6,8H,1-2H2,(H,9,10)/t4-/m1/s1. The summed E-state index contributed by atoms with van der Waals surface area (Å²) in [6, 6.07) is 0. The molecule has 0 amide bonds. The third kappa shape index (κ3) is 3.16. The number of carboxylic acid groups (broad SMARTS) is 1. The topological polar surface area (TPSA) is 94.8 Å². The number of rotatable bonds is 4. The first-order valence-electron chi connectivity index (χ1n) is 2.61. The molecular formula is C5H8O5. The van der Waals surface area contributed by atoms with Crippen LogP contribution in [0.25, 0.3) is 0 Å². The normalized spacial score (nSPS) is 12.6. The molecule has 0 aliphatic carbocycles. The fourth-order valence-corrected chi connectivity index (χ4v) is 0.369. The number of carbonyl (C=O) groups excluding carboxylic acids is 1. The maximum absolute atomic E-state index is 10.4. The summed E-state index contributed by atoms with van der Waals surface area (Å²) in [4.78, 5) is 20.2. The van der Waals surface area contributed by atoms with Gasteiger partial charge < -0.3 is 15.3 Å². The predicted octanol–water partition coefficient (Wildman–Crippen LogP) is -1.62. The van der Waals surface area contributed by atoms with Gasteiger partial charge in [-0.3, -0.25) is 9.59 Å². The summed E-state index contributed by atoms with van der Waals surface area (Å²) in [6.45, 7) is -0.730. The Morgan fingerprint density at radius 1 is 1.40 bits per heavy atom. The first-order valence-corrected chi connectivity index (χ1v) is 2.61. The van der Waals surface area contributed by atoms with Crippen LogP contribution in [0.5, 0.6) is 0 Å². The molecule has 0 aliphatic heterocycles. The van der Waals surface area contributed by atoms with Crippen LogP contribution >= 0.6 is 0 Å². The van der Waals surface area contributed by atoms with E-state index >= 15 is 0 Å². The lowest BCUT2D eigenvalue weighted by Gasteiger charge is -2.01. The monoisotopic (exact) mass is 148 g/mol. The van der Waals surface area contributed by atoms with Crippen LogP contribution in [-0.4, -0.2) is 39.8 Å². The molecule has 0 aromatic carbocycles. The Morgan fingerprint density at radius 3 is 2.20 bits per heavy atom. The molecule has 0 spiro atoms. The van der Waals surface area contributed by atoms with E-state index in [1.165, 1.54) is 0 Å². The van der Waals surface area contributed by atoms with Crippen LogP contribution in [0, 0.1) is 0 Å². The zero-order valence-electron chi connectivity index (χ0n) is 5.15. The number of ketones is 1. The largest absolute Gasteiger partial charge is 0.481 e. The van der Waals surface area contributed by atoms with E-state index in [4.69, 9.17) is 15.3 Å². The van der Waals surface area contributed by atoms with Crippen molar-refractivity contribution in [2.24, 2.45) is 0 Å². The van der Waals surface area contributed by atoms with Crippen molar-refractivity contribution in [3.05, 3.63) is 0 Å². The van der Waals surface area contributed by atoms with E-state index in [0.29, 0.717) is 0 Å². The maximum atomic E-state index is 10.4. The van der Waals surface area contributed by atoms with Gasteiger partial charge in [0, 0.05) is 0 Å². The summed E-state index contributed by atoms with van der Waals surface area (Å²) < 4.78 is 0. The molecule has 0 unspecified atom stereocenters. The van der Waals surface area contributed by atoms with Crippen LogP contribution in [0.2, 0.25) is 0 Å². The molecular weight excluding hydrogens is 140 g/mol. The molecule has 1 atom stereocenters. The van der Waals surface area contributed by atoms with E-state index in [9.17, 15) is 9.59 Å². The molecule has 10 heavy (non-hydrogen) atoms. The first-order chi connectivity index (χ1) is 4.57. The third-order valence-electron chi connectivity index (χ3n) is 0.870. The Labute approximate surface area is 56.9 Å². The average molecular weight is 148 g/mol. The molecule has 0 saturated heterocycles. The van der Waals surface area contributed by atoms with Gasteiger partial charge in [-0.15, -0.1) is 0 Å². The molecule has 3 N–H and O–H groups in total. The first kappa shape index (κ1) is 9.06. The predicted molar refractivity (Wildman–Crippen MR) is 30.4 cm³/mol. The molecule has 0 aromatic rings. The third-order valence-corrected chi connectivity index (χ3v) is 0.870. The number of aliphatic carboxylic acids is 1. The molecule has 0 saturated carbocycles. The van der Waals surface area contributed by atoms with Crippen molar-refractivity contribution < 1.29 is 24.9 Å². The van der Waals surface area contributed by atoms with Gasteiger partial charge >= 0.3 is 5.97 Å². The second-order valence-corrected chi connectivity index (χ2v) is 1.74. The van der Waals surface area contributed by atoms with Gasteiger partial charge in [-0.1, -0.05) is 0 Å². The Morgan fingerprint density at radius 2 is 1.90 bits per heavy atom. The Bertz CT molecular complexity index is 141. The van der Waals surface area contributed by atoms with Gasteiger partial charge in [-0.05, 0) is 0 Å². The van der Waals surface area contributed by atoms with Crippen molar-refractivity contribution in [1.29, 1.82) is 0 Å². The Balaban J connectivity index is 3.73. The molecule has 0 bridgehead atoms. The second-order valence-electron chi connectivity index (χ2n) is 1.74. The summed E-state index contributed by atoms with van der Waals surface area (Å²) in [5.74, 6) is -2.19. The molecule has 5 heteroatoms. The highest BCUT2D eigenvalue weighted by Gasteiger charge is 2.16. The van der Waals surface area contributed by atoms with Crippen molar-refractivity contribution in [1.82, 2.24) is 0 Å². The molecule has 5 nitrogen and oxygen atoms in total. The van der Waals surface area contributed by atoms with Crippen LogP contribution in [-0.2, 0) is 9.59 Å². The number of carbonyl (C=O) groups is 2. The molecule has 0 aromatic heterocycles. The summed E-state index contributed by atoms with van der Waals surface area (Å²) in [7, 11) is 0. The van der Waals surface area contributed by atoms with Crippen LogP contribution in [0.4, 0.5) is 0 Å². The van der Waals surface area contributed by atoms with E-state index in [1.54, 1.807) is 0 Å². The van der Waals surface area contributed by atoms with Crippen molar-refractivity contribution >= 4 is 11.8 Å². The highest BCUT2D eigenvalue weighted by molar-refractivity contribution is 5.97. The number of carboxylic acids is 1. The highest BCUT2D eigenvalue weighted by Crippen LogP contribution is 1.89. The summed E-state index contributed by atoms with van der Waals surface area (Å²) in [5, 5.41) is 24.7. The van der Waals surface area contributed by atoms with Crippen LogP contribution in [0.1, 0.15) is 6.42 Å². The van der Waals surface area contributed by atoms with Crippen molar-refractivity contribution in [2.45, 2.75) is 12.5 Å². The number of aliphatic hydroxyl groups is 2. The zero-order valence-corrected chi connectivity index (χ0v) is 5.15. The maximum Gasteiger partial charge on any atom is 0.310 e. The van der Waals surface area contributed by atoms with Gasteiger partial charge in [0.1, 0.15) is 12.5 Å². The Hall–Kier alpha value is -0.940. The number of aliphatic hydroxyl groups excluding tert-OH is 2. The molecule has 0 radical (unpaired) electrons. The van der Waals surface area contributed by atoms with Gasteiger partial charge in [0.15, 0.2) is 5.78 Å². The van der Waals surface area contributed by atoms with Crippen molar-refractivity contribution in [3.63, 3.8) is 0 Å².